The molecule has 3 rings (SSSR count). The minimum atomic E-state index is 0.597. The number of rotatable bonds is 5. The lowest BCUT2D eigenvalue weighted by Gasteiger charge is -2.01. The number of hydrogen-bond acceptors (Lipinski definition) is 4. The Hall–Kier alpha value is -1.20. The second-order valence-corrected chi connectivity index (χ2v) is 5.85. The minimum absolute atomic E-state index is 0.597. The molecule has 2 aromatic rings. The lowest BCUT2D eigenvalue weighted by atomic mass is 10.1. The van der Waals surface area contributed by atoms with Crippen molar-refractivity contribution in [3.05, 3.63) is 34.1 Å². The minimum Gasteiger partial charge on any atom is -0.421 e. The molecule has 1 saturated carbocycles. The van der Waals surface area contributed by atoms with Gasteiger partial charge >= 0.3 is 0 Å². The molecule has 1 fully saturated rings. The SMILES string of the molecule is Cc1ccc(Br)cc1-c1nnc(CCNC2CC2)o1. The maximum Gasteiger partial charge on any atom is 0.248 e. The van der Waals surface area contributed by atoms with Gasteiger partial charge in [-0.15, -0.1) is 10.2 Å². The Morgan fingerprint density at radius 1 is 1.37 bits per heavy atom. The molecule has 5 heteroatoms. The Kier molecular flexibility index (Phi) is 3.66. The van der Waals surface area contributed by atoms with Crippen molar-refractivity contribution in [3.63, 3.8) is 0 Å². The summed E-state index contributed by atoms with van der Waals surface area (Å²) < 4.78 is 6.74. The zero-order valence-electron chi connectivity index (χ0n) is 10.8. The molecule has 0 atom stereocenters. The van der Waals surface area contributed by atoms with Crippen LogP contribution in [0.1, 0.15) is 24.3 Å². The van der Waals surface area contributed by atoms with Gasteiger partial charge in [-0.3, -0.25) is 0 Å². The van der Waals surface area contributed by atoms with E-state index in [9.17, 15) is 0 Å². The van der Waals surface area contributed by atoms with E-state index in [1.165, 1.54) is 12.8 Å². The molecular weight excluding hydrogens is 306 g/mol. The van der Waals surface area contributed by atoms with E-state index < -0.39 is 0 Å². The van der Waals surface area contributed by atoms with E-state index in [-0.39, 0.29) is 0 Å². The molecule has 1 aliphatic rings. The van der Waals surface area contributed by atoms with Crippen LogP contribution in [-0.4, -0.2) is 22.8 Å². The van der Waals surface area contributed by atoms with Crippen molar-refractivity contribution in [3.8, 4) is 11.5 Å². The summed E-state index contributed by atoms with van der Waals surface area (Å²) >= 11 is 3.47. The smallest absolute Gasteiger partial charge is 0.248 e. The summed E-state index contributed by atoms with van der Waals surface area (Å²) in [6, 6.07) is 6.78. The Labute approximate surface area is 120 Å². The number of aromatic nitrogens is 2. The number of hydrogen-bond donors (Lipinski definition) is 1. The molecule has 1 aromatic heterocycles. The van der Waals surface area contributed by atoms with E-state index in [0.717, 1.165) is 34.6 Å². The van der Waals surface area contributed by atoms with Crippen molar-refractivity contribution in [2.45, 2.75) is 32.2 Å². The van der Waals surface area contributed by atoms with Crippen LogP contribution in [-0.2, 0) is 6.42 Å². The number of aryl methyl sites for hydroxylation is 1. The van der Waals surface area contributed by atoms with E-state index in [1.807, 2.05) is 25.1 Å². The summed E-state index contributed by atoms with van der Waals surface area (Å²) in [6.45, 7) is 2.95. The van der Waals surface area contributed by atoms with Crippen molar-refractivity contribution < 1.29 is 4.42 Å². The topological polar surface area (TPSA) is 51.0 Å². The van der Waals surface area contributed by atoms with Crippen LogP contribution < -0.4 is 5.32 Å². The fraction of sp³-hybridized carbons (Fsp3) is 0.429. The summed E-state index contributed by atoms with van der Waals surface area (Å²) in [5.41, 5.74) is 2.12. The first kappa shape index (κ1) is 12.8. The molecule has 0 aliphatic heterocycles. The highest BCUT2D eigenvalue weighted by molar-refractivity contribution is 9.10. The van der Waals surface area contributed by atoms with E-state index >= 15 is 0 Å². The van der Waals surface area contributed by atoms with Gasteiger partial charge in [-0.2, -0.15) is 0 Å². The molecular formula is C14H16BrN3O. The third-order valence-electron chi connectivity index (χ3n) is 3.25. The van der Waals surface area contributed by atoms with Crippen molar-refractivity contribution >= 4 is 15.9 Å². The molecule has 1 aliphatic carbocycles. The third-order valence-corrected chi connectivity index (χ3v) is 3.74. The highest BCUT2D eigenvalue weighted by Gasteiger charge is 2.20. The van der Waals surface area contributed by atoms with Gasteiger partial charge in [-0.25, -0.2) is 0 Å². The first-order chi connectivity index (χ1) is 9.22. The van der Waals surface area contributed by atoms with E-state index in [0.29, 0.717) is 11.8 Å². The van der Waals surface area contributed by atoms with Gasteiger partial charge in [0, 0.05) is 29.0 Å². The summed E-state index contributed by atoms with van der Waals surface area (Å²) in [6.07, 6.45) is 3.38. The molecule has 0 radical (unpaired) electrons. The first-order valence-corrected chi connectivity index (χ1v) is 7.34. The first-order valence-electron chi connectivity index (χ1n) is 6.54. The quantitative estimate of drug-likeness (QED) is 0.919. The number of nitrogens with one attached hydrogen (secondary N) is 1. The zero-order valence-corrected chi connectivity index (χ0v) is 12.4. The van der Waals surface area contributed by atoms with E-state index in [4.69, 9.17) is 4.42 Å². The largest absolute Gasteiger partial charge is 0.421 e. The molecule has 0 bridgehead atoms. The molecule has 19 heavy (non-hydrogen) atoms. The second kappa shape index (κ2) is 5.43. The molecule has 0 unspecified atom stereocenters. The lowest BCUT2D eigenvalue weighted by Crippen LogP contribution is -2.19. The molecule has 0 saturated heterocycles. The number of benzene rings is 1. The Bertz CT molecular complexity index is 578. The third kappa shape index (κ3) is 3.22. The molecule has 1 heterocycles. The Morgan fingerprint density at radius 2 is 2.21 bits per heavy atom. The zero-order chi connectivity index (χ0) is 13.2. The standard InChI is InChI=1S/C14H16BrN3O/c1-9-2-3-10(15)8-12(9)14-18-17-13(19-14)6-7-16-11-4-5-11/h2-3,8,11,16H,4-7H2,1H3. The Morgan fingerprint density at radius 3 is 3.00 bits per heavy atom. The fourth-order valence-electron chi connectivity index (χ4n) is 1.96. The number of halogens is 1. The van der Waals surface area contributed by atoms with Crippen LogP contribution in [0, 0.1) is 6.92 Å². The van der Waals surface area contributed by atoms with Crippen molar-refractivity contribution in [2.75, 3.05) is 6.54 Å². The summed E-state index contributed by atoms with van der Waals surface area (Å²) in [4.78, 5) is 0. The van der Waals surface area contributed by atoms with Crippen molar-refractivity contribution in [1.29, 1.82) is 0 Å². The van der Waals surface area contributed by atoms with Crippen LogP contribution in [0.3, 0.4) is 0 Å². The van der Waals surface area contributed by atoms with Crippen LogP contribution in [0.15, 0.2) is 27.1 Å². The van der Waals surface area contributed by atoms with Gasteiger partial charge in [0.15, 0.2) is 0 Å². The van der Waals surface area contributed by atoms with Crippen LogP contribution in [0.2, 0.25) is 0 Å². The summed E-state index contributed by atoms with van der Waals surface area (Å²) in [5.74, 6) is 1.29. The predicted octanol–water partition coefficient (Wildman–Crippen LogP) is 3.10. The maximum atomic E-state index is 5.72. The highest BCUT2D eigenvalue weighted by Crippen LogP contribution is 2.25. The Balaban J connectivity index is 1.70. The van der Waals surface area contributed by atoms with E-state index in [2.05, 4.69) is 31.4 Å². The summed E-state index contributed by atoms with van der Waals surface area (Å²) in [5, 5.41) is 11.7. The van der Waals surface area contributed by atoms with Crippen LogP contribution >= 0.6 is 15.9 Å². The number of nitrogens with zero attached hydrogens (tertiary/aromatic N) is 2. The highest BCUT2D eigenvalue weighted by atomic mass is 79.9. The van der Waals surface area contributed by atoms with Gasteiger partial charge in [0.1, 0.15) is 0 Å². The average Bonchev–Trinajstić information content (AvgIpc) is 3.10. The molecule has 4 nitrogen and oxygen atoms in total. The molecule has 100 valence electrons. The molecule has 0 spiro atoms. The normalized spacial score (nSPS) is 14.8. The van der Waals surface area contributed by atoms with Crippen LogP contribution in [0.4, 0.5) is 0 Å². The van der Waals surface area contributed by atoms with Crippen molar-refractivity contribution in [2.24, 2.45) is 0 Å². The predicted molar refractivity (Wildman–Crippen MR) is 76.9 cm³/mol. The van der Waals surface area contributed by atoms with E-state index in [1.54, 1.807) is 0 Å². The van der Waals surface area contributed by atoms with Gasteiger partial charge in [0.2, 0.25) is 11.8 Å². The van der Waals surface area contributed by atoms with Crippen LogP contribution in [0.25, 0.3) is 11.5 Å². The molecule has 1 aromatic carbocycles. The molecule has 0 amide bonds. The van der Waals surface area contributed by atoms with Crippen LogP contribution in [0.5, 0.6) is 0 Å². The van der Waals surface area contributed by atoms with Gasteiger partial charge < -0.3 is 9.73 Å². The monoisotopic (exact) mass is 321 g/mol. The fourth-order valence-corrected chi connectivity index (χ4v) is 2.32. The van der Waals surface area contributed by atoms with Gasteiger partial charge in [0.25, 0.3) is 0 Å². The van der Waals surface area contributed by atoms with Gasteiger partial charge in [-0.05, 0) is 37.5 Å². The lowest BCUT2D eigenvalue weighted by molar-refractivity contribution is 0.494. The average molecular weight is 322 g/mol. The van der Waals surface area contributed by atoms with Crippen molar-refractivity contribution in [1.82, 2.24) is 15.5 Å². The maximum absolute atomic E-state index is 5.72. The molecule has 1 N–H and O–H groups in total. The summed E-state index contributed by atoms with van der Waals surface area (Å²) in [7, 11) is 0. The second-order valence-electron chi connectivity index (χ2n) is 4.94. The van der Waals surface area contributed by atoms with Gasteiger partial charge in [0.05, 0.1) is 0 Å². The van der Waals surface area contributed by atoms with Gasteiger partial charge in [-0.1, -0.05) is 22.0 Å².